The Hall–Kier alpha value is -2.30. The summed E-state index contributed by atoms with van der Waals surface area (Å²) in [5.41, 5.74) is 5.47. The maximum absolute atomic E-state index is 5.34. The van der Waals surface area contributed by atoms with Gasteiger partial charge >= 0.3 is 0 Å². The Bertz CT molecular complexity index is 842. The SMILES string of the molecule is CC(C)c1cc(CC(C)c2ccc(CC(C)c3nnco3)n2C)n(C)c1. The van der Waals surface area contributed by atoms with E-state index in [-0.39, 0.29) is 5.92 Å². The summed E-state index contributed by atoms with van der Waals surface area (Å²) in [5, 5.41) is 7.82. The van der Waals surface area contributed by atoms with Crippen molar-refractivity contribution in [3.05, 3.63) is 59.3 Å². The molecule has 3 heterocycles. The van der Waals surface area contributed by atoms with Crippen LogP contribution in [-0.2, 0) is 26.9 Å². The van der Waals surface area contributed by atoms with Crippen LogP contribution in [0.4, 0.5) is 0 Å². The number of rotatable bonds is 7. The molecule has 0 radical (unpaired) electrons. The van der Waals surface area contributed by atoms with Crippen LogP contribution in [0.1, 0.15) is 74.0 Å². The van der Waals surface area contributed by atoms with Crippen molar-refractivity contribution in [2.45, 2.75) is 58.3 Å². The number of aromatic nitrogens is 4. The third-order valence-electron chi connectivity index (χ3n) is 5.39. The molecule has 3 aromatic heterocycles. The zero-order valence-electron chi connectivity index (χ0n) is 16.7. The van der Waals surface area contributed by atoms with Crippen molar-refractivity contribution >= 4 is 0 Å². The number of hydrogen-bond donors (Lipinski definition) is 0. The summed E-state index contributed by atoms with van der Waals surface area (Å²) in [6.07, 6.45) is 5.59. The molecule has 0 aliphatic carbocycles. The summed E-state index contributed by atoms with van der Waals surface area (Å²) < 4.78 is 9.94. The van der Waals surface area contributed by atoms with Gasteiger partial charge in [0.15, 0.2) is 0 Å². The van der Waals surface area contributed by atoms with Crippen LogP contribution < -0.4 is 0 Å². The molecular weight excluding hydrogens is 324 g/mol. The molecule has 2 unspecified atom stereocenters. The molecule has 0 saturated carbocycles. The first-order valence-electron chi connectivity index (χ1n) is 9.42. The minimum atomic E-state index is 0.218. The van der Waals surface area contributed by atoms with Crippen molar-refractivity contribution in [1.29, 1.82) is 0 Å². The Morgan fingerprint density at radius 3 is 2.35 bits per heavy atom. The summed E-state index contributed by atoms with van der Waals surface area (Å²) in [6, 6.07) is 6.83. The van der Waals surface area contributed by atoms with Crippen molar-refractivity contribution in [2.75, 3.05) is 0 Å². The zero-order valence-corrected chi connectivity index (χ0v) is 16.7. The van der Waals surface area contributed by atoms with Gasteiger partial charge in [0.05, 0.1) is 0 Å². The average Bonchev–Trinajstić information content (AvgIpc) is 3.30. The second kappa shape index (κ2) is 7.52. The molecule has 3 aromatic rings. The van der Waals surface area contributed by atoms with Gasteiger partial charge in [0.1, 0.15) is 0 Å². The van der Waals surface area contributed by atoms with Crippen LogP contribution in [0.25, 0.3) is 0 Å². The number of aryl methyl sites for hydroxylation is 1. The van der Waals surface area contributed by atoms with Gasteiger partial charge < -0.3 is 13.6 Å². The molecule has 2 atom stereocenters. The molecule has 140 valence electrons. The normalized spacial score (nSPS) is 14.1. The van der Waals surface area contributed by atoms with Crippen molar-refractivity contribution in [2.24, 2.45) is 14.1 Å². The Balaban J connectivity index is 1.72. The van der Waals surface area contributed by atoms with Crippen molar-refractivity contribution in [1.82, 2.24) is 19.3 Å². The van der Waals surface area contributed by atoms with Gasteiger partial charge in [-0.25, -0.2) is 0 Å². The largest absolute Gasteiger partial charge is 0.428 e. The van der Waals surface area contributed by atoms with Crippen LogP contribution in [0.3, 0.4) is 0 Å². The van der Waals surface area contributed by atoms with Crippen LogP contribution in [0, 0.1) is 0 Å². The van der Waals surface area contributed by atoms with E-state index >= 15 is 0 Å². The fourth-order valence-corrected chi connectivity index (χ4v) is 3.64. The second-order valence-electron chi connectivity index (χ2n) is 7.83. The van der Waals surface area contributed by atoms with Crippen LogP contribution in [0.5, 0.6) is 0 Å². The summed E-state index contributed by atoms with van der Waals surface area (Å²) >= 11 is 0. The number of hydrogen-bond acceptors (Lipinski definition) is 3. The quantitative estimate of drug-likeness (QED) is 0.625. The van der Waals surface area contributed by atoms with E-state index in [2.05, 4.69) is 85.5 Å². The van der Waals surface area contributed by atoms with E-state index in [1.807, 2.05) is 0 Å². The van der Waals surface area contributed by atoms with Gasteiger partial charge in [-0.2, -0.15) is 0 Å². The van der Waals surface area contributed by atoms with Gasteiger partial charge in [-0.3, -0.25) is 0 Å². The van der Waals surface area contributed by atoms with Gasteiger partial charge in [-0.05, 0) is 42.5 Å². The molecule has 5 nitrogen and oxygen atoms in total. The predicted octanol–water partition coefficient (Wildman–Crippen LogP) is 4.56. The van der Waals surface area contributed by atoms with Crippen LogP contribution in [0.15, 0.2) is 35.2 Å². The third-order valence-corrected chi connectivity index (χ3v) is 5.39. The minimum Gasteiger partial charge on any atom is -0.428 e. The Morgan fingerprint density at radius 2 is 1.73 bits per heavy atom. The van der Waals surface area contributed by atoms with E-state index in [1.165, 1.54) is 29.0 Å². The third kappa shape index (κ3) is 3.76. The second-order valence-corrected chi connectivity index (χ2v) is 7.83. The Kier molecular flexibility index (Phi) is 5.35. The highest BCUT2D eigenvalue weighted by molar-refractivity contribution is 5.26. The topological polar surface area (TPSA) is 48.8 Å². The van der Waals surface area contributed by atoms with Gasteiger partial charge in [-0.15, -0.1) is 10.2 Å². The highest BCUT2D eigenvalue weighted by atomic mass is 16.4. The molecule has 0 bridgehead atoms. The van der Waals surface area contributed by atoms with E-state index < -0.39 is 0 Å². The van der Waals surface area contributed by atoms with Crippen LogP contribution in [-0.4, -0.2) is 19.3 Å². The lowest BCUT2D eigenvalue weighted by molar-refractivity contribution is 0.452. The molecule has 0 aliphatic heterocycles. The fraction of sp³-hybridized carbons (Fsp3) is 0.524. The molecule has 26 heavy (non-hydrogen) atoms. The predicted molar refractivity (Wildman–Crippen MR) is 103 cm³/mol. The van der Waals surface area contributed by atoms with Crippen molar-refractivity contribution in [3.8, 4) is 0 Å². The summed E-state index contributed by atoms with van der Waals surface area (Å²) in [5.74, 6) is 1.95. The smallest absolute Gasteiger partial charge is 0.219 e. The molecular formula is C21H30N4O. The molecule has 0 N–H and O–H groups in total. The molecule has 0 amide bonds. The van der Waals surface area contributed by atoms with Crippen LogP contribution >= 0.6 is 0 Å². The minimum absolute atomic E-state index is 0.218. The first-order valence-corrected chi connectivity index (χ1v) is 9.42. The van der Waals surface area contributed by atoms with Gasteiger partial charge in [0, 0.05) is 49.2 Å². The molecule has 0 aromatic carbocycles. The van der Waals surface area contributed by atoms with Gasteiger partial charge in [0.2, 0.25) is 12.3 Å². The molecule has 0 aliphatic rings. The van der Waals surface area contributed by atoms with E-state index in [1.54, 1.807) is 0 Å². The average molecular weight is 354 g/mol. The van der Waals surface area contributed by atoms with E-state index in [0.29, 0.717) is 17.7 Å². The first-order chi connectivity index (χ1) is 12.4. The monoisotopic (exact) mass is 354 g/mol. The zero-order chi connectivity index (χ0) is 18.8. The fourth-order valence-electron chi connectivity index (χ4n) is 3.64. The lowest BCUT2D eigenvalue weighted by atomic mass is 10.0. The van der Waals surface area contributed by atoms with E-state index in [0.717, 1.165) is 12.8 Å². The summed E-state index contributed by atoms with van der Waals surface area (Å²) in [4.78, 5) is 0. The maximum atomic E-state index is 5.34. The molecule has 0 fully saturated rings. The standard InChI is InChI=1S/C21H30N4O/c1-14(2)17-11-19(24(5)12-17)9-15(3)20-8-7-18(25(20)6)10-16(4)21-23-22-13-26-21/h7-8,11-16H,9-10H2,1-6H3. The molecule has 3 rings (SSSR count). The van der Waals surface area contributed by atoms with Crippen molar-refractivity contribution < 1.29 is 4.42 Å². The first kappa shape index (κ1) is 18.5. The maximum Gasteiger partial charge on any atom is 0.219 e. The Labute approximate surface area is 156 Å². The number of nitrogens with zero attached hydrogens (tertiary/aromatic N) is 4. The highest BCUT2D eigenvalue weighted by Crippen LogP contribution is 2.27. The highest BCUT2D eigenvalue weighted by Gasteiger charge is 2.18. The molecule has 5 heteroatoms. The Morgan fingerprint density at radius 1 is 1.00 bits per heavy atom. The lowest BCUT2D eigenvalue weighted by Crippen LogP contribution is -2.10. The van der Waals surface area contributed by atoms with E-state index in [4.69, 9.17) is 4.42 Å². The lowest BCUT2D eigenvalue weighted by Gasteiger charge is -2.16. The van der Waals surface area contributed by atoms with Gasteiger partial charge in [0.25, 0.3) is 0 Å². The summed E-state index contributed by atoms with van der Waals surface area (Å²) in [6.45, 7) is 8.93. The molecule has 0 spiro atoms. The van der Waals surface area contributed by atoms with Crippen LogP contribution in [0.2, 0.25) is 0 Å². The molecule has 0 saturated heterocycles. The van der Waals surface area contributed by atoms with Gasteiger partial charge in [-0.1, -0.05) is 27.7 Å². The van der Waals surface area contributed by atoms with E-state index in [9.17, 15) is 0 Å². The summed E-state index contributed by atoms with van der Waals surface area (Å²) in [7, 11) is 4.31. The van der Waals surface area contributed by atoms with Crippen molar-refractivity contribution in [3.63, 3.8) is 0 Å².